The van der Waals surface area contributed by atoms with Crippen molar-refractivity contribution in [2.24, 2.45) is 4.99 Å². The van der Waals surface area contributed by atoms with Crippen molar-refractivity contribution in [1.82, 2.24) is 20.3 Å². The Bertz CT molecular complexity index is 932. The van der Waals surface area contributed by atoms with Crippen molar-refractivity contribution in [3.05, 3.63) is 45.9 Å². The Labute approximate surface area is 194 Å². The molecule has 30 heavy (non-hydrogen) atoms. The van der Waals surface area contributed by atoms with Gasteiger partial charge in [0.25, 0.3) is 0 Å². The first-order valence-corrected chi connectivity index (χ1v) is 11.0. The summed E-state index contributed by atoms with van der Waals surface area (Å²) in [6.45, 7) is 2.62. The van der Waals surface area contributed by atoms with Crippen molar-refractivity contribution in [3.8, 4) is 0 Å². The molecule has 0 saturated heterocycles. The third kappa shape index (κ3) is 8.35. The van der Waals surface area contributed by atoms with Crippen LogP contribution in [0.5, 0.6) is 0 Å². The minimum absolute atomic E-state index is 0. The van der Waals surface area contributed by atoms with Gasteiger partial charge in [0, 0.05) is 38.5 Å². The number of rotatable bonds is 8. The van der Waals surface area contributed by atoms with E-state index in [0.717, 1.165) is 22.3 Å². The van der Waals surface area contributed by atoms with Crippen molar-refractivity contribution >= 4 is 51.3 Å². The molecule has 2 rings (SSSR count). The number of nitrogens with one attached hydrogen (secondary N) is 3. The summed E-state index contributed by atoms with van der Waals surface area (Å²) in [5, 5.41) is 7.24. The molecule has 0 amide bonds. The number of nitrogens with zero attached hydrogens (tertiary/aromatic N) is 2. The lowest BCUT2D eigenvalue weighted by Gasteiger charge is -2.12. The summed E-state index contributed by atoms with van der Waals surface area (Å²) >= 11 is 0.951. The fourth-order valence-electron chi connectivity index (χ4n) is 2.23. The summed E-state index contributed by atoms with van der Waals surface area (Å²) in [6, 6.07) is 6.51. The molecule has 7 nitrogen and oxygen atoms in total. The molecule has 1 aromatic heterocycles. The van der Waals surface area contributed by atoms with Crippen LogP contribution in [0.15, 0.2) is 39.5 Å². The number of sulfonamides is 1. The summed E-state index contributed by atoms with van der Waals surface area (Å²) < 4.78 is 64.5. The standard InChI is InChI=1S/C17H22F3N5O2S2.HI/c1-12-3-5-13(6-4-12)29(26,27)24-10-9-23-16(21-2)22-8-7-15-25-14(11-28-15)17(18,19)20;/h3-6,11,24H,7-10H2,1-2H3,(H2,21,22,23);1H. The van der Waals surface area contributed by atoms with Gasteiger partial charge < -0.3 is 10.6 Å². The van der Waals surface area contributed by atoms with Crippen molar-refractivity contribution < 1.29 is 21.6 Å². The first-order valence-electron chi connectivity index (χ1n) is 8.64. The molecule has 0 radical (unpaired) electrons. The van der Waals surface area contributed by atoms with Crippen LogP contribution >= 0.6 is 35.3 Å². The van der Waals surface area contributed by atoms with Crippen LogP contribution in [0.2, 0.25) is 0 Å². The van der Waals surface area contributed by atoms with Crippen molar-refractivity contribution in [3.63, 3.8) is 0 Å². The van der Waals surface area contributed by atoms with Crippen LogP contribution in [0, 0.1) is 6.92 Å². The number of hydrogen-bond donors (Lipinski definition) is 3. The van der Waals surface area contributed by atoms with Gasteiger partial charge in [-0.25, -0.2) is 18.1 Å². The fourth-order valence-corrected chi connectivity index (χ4v) is 4.07. The summed E-state index contributed by atoms with van der Waals surface area (Å²) in [5.74, 6) is 0.409. The number of aryl methyl sites for hydroxylation is 1. The molecule has 0 saturated carbocycles. The average Bonchev–Trinajstić information content (AvgIpc) is 3.13. The molecule has 168 valence electrons. The van der Waals surface area contributed by atoms with Crippen molar-refractivity contribution in [2.45, 2.75) is 24.4 Å². The monoisotopic (exact) mass is 577 g/mol. The van der Waals surface area contributed by atoms with Gasteiger partial charge in [-0.05, 0) is 19.1 Å². The number of guanidine groups is 1. The molecule has 0 aliphatic heterocycles. The van der Waals surface area contributed by atoms with Crippen LogP contribution in [-0.4, -0.2) is 46.0 Å². The van der Waals surface area contributed by atoms with Gasteiger partial charge in [-0.15, -0.1) is 35.3 Å². The maximum absolute atomic E-state index is 12.5. The van der Waals surface area contributed by atoms with E-state index in [1.54, 1.807) is 12.1 Å². The van der Waals surface area contributed by atoms with Crippen LogP contribution in [0.4, 0.5) is 13.2 Å². The highest BCUT2D eigenvalue weighted by Crippen LogP contribution is 2.29. The summed E-state index contributed by atoms with van der Waals surface area (Å²) in [5.41, 5.74) is 0.0775. The van der Waals surface area contributed by atoms with Crippen molar-refractivity contribution in [2.75, 3.05) is 26.7 Å². The minimum Gasteiger partial charge on any atom is -0.356 e. The van der Waals surface area contributed by atoms with Gasteiger partial charge in [0.15, 0.2) is 11.7 Å². The molecule has 0 bridgehead atoms. The van der Waals surface area contributed by atoms with E-state index in [9.17, 15) is 21.6 Å². The van der Waals surface area contributed by atoms with Gasteiger partial charge >= 0.3 is 6.18 Å². The number of halogens is 4. The van der Waals surface area contributed by atoms with Crippen LogP contribution in [0.3, 0.4) is 0 Å². The molecule has 1 aromatic carbocycles. The van der Waals surface area contributed by atoms with E-state index in [0.29, 0.717) is 23.9 Å². The lowest BCUT2D eigenvalue weighted by molar-refractivity contribution is -0.140. The number of thiazole rings is 1. The zero-order valence-corrected chi connectivity index (χ0v) is 20.2. The van der Waals surface area contributed by atoms with E-state index in [4.69, 9.17) is 0 Å². The molecular weight excluding hydrogens is 554 g/mol. The Morgan fingerprint density at radius 3 is 2.33 bits per heavy atom. The van der Waals surface area contributed by atoms with Crippen LogP contribution in [-0.2, 0) is 22.6 Å². The first-order chi connectivity index (χ1) is 13.6. The minimum atomic E-state index is -4.44. The number of aliphatic imine (C=N–C) groups is 1. The number of hydrogen-bond acceptors (Lipinski definition) is 5. The average molecular weight is 577 g/mol. The Kier molecular flexibility index (Phi) is 10.5. The van der Waals surface area contributed by atoms with Gasteiger partial charge in [-0.2, -0.15) is 13.2 Å². The Morgan fingerprint density at radius 1 is 1.13 bits per heavy atom. The zero-order valence-electron chi connectivity index (χ0n) is 16.3. The smallest absolute Gasteiger partial charge is 0.356 e. The molecule has 0 fully saturated rings. The highest BCUT2D eigenvalue weighted by Gasteiger charge is 2.33. The quantitative estimate of drug-likeness (QED) is 0.194. The topological polar surface area (TPSA) is 95.5 Å². The SMILES string of the molecule is CN=C(NCCNS(=O)(=O)c1ccc(C)cc1)NCCc1nc(C(F)(F)F)cs1.I. The van der Waals surface area contributed by atoms with Gasteiger partial charge in [0.05, 0.1) is 9.90 Å². The molecule has 0 unspecified atom stereocenters. The third-order valence-electron chi connectivity index (χ3n) is 3.74. The second kappa shape index (κ2) is 11.8. The maximum atomic E-state index is 12.5. The van der Waals surface area contributed by atoms with Gasteiger partial charge in [0.2, 0.25) is 10.0 Å². The predicted molar refractivity (Wildman–Crippen MR) is 122 cm³/mol. The molecule has 3 N–H and O–H groups in total. The Hall–Kier alpha value is -1.45. The molecule has 13 heteroatoms. The number of alkyl halides is 3. The van der Waals surface area contributed by atoms with Crippen LogP contribution < -0.4 is 15.4 Å². The number of aromatic nitrogens is 1. The lowest BCUT2D eigenvalue weighted by atomic mass is 10.2. The summed E-state index contributed by atoms with van der Waals surface area (Å²) in [4.78, 5) is 7.73. The van der Waals surface area contributed by atoms with Gasteiger partial charge in [0.1, 0.15) is 0 Å². The fraction of sp³-hybridized carbons (Fsp3) is 0.412. The van der Waals surface area contributed by atoms with E-state index < -0.39 is 21.9 Å². The van der Waals surface area contributed by atoms with E-state index in [1.807, 2.05) is 6.92 Å². The van der Waals surface area contributed by atoms with E-state index >= 15 is 0 Å². The molecule has 1 heterocycles. The Balaban J connectivity index is 0.00000450. The maximum Gasteiger partial charge on any atom is 0.434 e. The number of benzene rings is 1. The van der Waals surface area contributed by atoms with E-state index in [2.05, 4.69) is 25.3 Å². The largest absolute Gasteiger partial charge is 0.434 e. The molecule has 0 aliphatic rings. The predicted octanol–water partition coefficient (Wildman–Crippen LogP) is 2.77. The Morgan fingerprint density at radius 2 is 1.77 bits per heavy atom. The van der Waals surface area contributed by atoms with Gasteiger partial charge in [-0.1, -0.05) is 17.7 Å². The lowest BCUT2D eigenvalue weighted by Crippen LogP contribution is -2.42. The normalized spacial score (nSPS) is 12.4. The molecular formula is C17H23F3IN5O2S2. The molecule has 2 aromatic rings. The third-order valence-corrected chi connectivity index (χ3v) is 6.12. The zero-order chi connectivity index (χ0) is 21.5. The summed E-state index contributed by atoms with van der Waals surface area (Å²) in [7, 11) is -2.05. The highest BCUT2D eigenvalue weighted by atomic mass is 127. The highest BCUT2D eigenvalue weighted by molar-refractivity contribution is 14.0. The van der Waals surface area contributed by atoms with Gasteiger partial charge in [-0.3, -0.25) is 4.99 Å². The summed E-state index contributed by atoms with van der Waals surface area (Å²) in [6.07, 6.45) is -4.13. The van der Waals surface area contributed by atoms with Crippen LogP contribution in [0.1, 0.15) is 16.3 Å². The van der Waals surface area contributed by atoms with Crippen LogP contribution in [0.25, 0.3) is 0 Å². The van der Waals surface area contributed by atoms with E-state index in [-0.39, 0.29) is 42.0 Å². The second-order valence-electron chi connectivity index (χ2n) is 6.01. The molecule has 0 spiro atoms. The van der Waals surface area contributed by atoms with E-state index in [1.165, 1.54) is 19.2 Å². The van der Waals surface area contributed by atoms with Crippen molar-refractivity contribution in [1.29, 1.82) is 0 Å². The second-order valence-corrected chi connectivity index (χ2v) is 8.72. The molecule has 0 aliphatic carbocycles. The first kappa shape index (κ1) is 26.6. The molecule has 0 atom stereocenters.